The van der Waals surface area contributed by atoms with Crippen LogP contribution in [0.3, 0.4) is 0 Å². The second kappa shape index (κ2) is 7.55. The minimum absolute atomic E-state index is 0.101. The monoisotopic (exact) mass is 395 g/mol. The third-order valence-corrected chi connectivity index (χ3v) is 5.43. The average molecular weight is 395 g/mol. The zero-order valence-corrected chi connectivity index (χ0v) is 16.4. The van der Waals surface area contributed by atoms with Crippen LogP contribution in [0.2, 0.25) is 0 Å². The number of halogens is 1. The molecule has 2 heterocycles. The van der Waals surface area contributed by atoms with E-state index in [-0.39, 0.29) is 11.1 Å². The van der Waals surface area contributed by atoms with Gasteiger partial charge < -0.3 is 8.98 Å². The number of hydrogen-bond acceptors (Lipinski definition) is 6. The molecule has 6 nitrogen and oxygen atoms in total. The number of nitrogens with zero attached hydrogens (tertiary/aromatic N) is 5. The first kappa shape index (κ1) is 18.4. The number of rotatable bonds is 5. The van der Waals surface area contributed by atoms with E-state index in [4.69, 9.17) is 4.42 Å². The van der Waals surface area contributed by atoms with Crippen molar-refractivity contribution >= 4 is 11.8 Å². The molecule has 4 rings (SSSR count). The molecule has 0 unspecified atom stereocenters. The van der Waals surface area contributed by atoms with Gasteiger partial charge >= 0.3 is 0 Å². The van der Waals surface area contributed by atoms with Crippen LogP contribution in [0.1, 0.15) is 23.6 Å². The Labute approximate surface area is 165 Å². The molecule has 28 heavy (non-hydrogen) atoms. The van der Waals surface area contributed by atoms with E-state index < -0.39 is 0 Å². The smallest absolute Gasteiger partial charge is 0.247 e. The standard InChI is InChI=1S/C20H18FN5OS/c1-12-4-6-15(7-5-12)19-24-23-18(27-19)13(2)28-20-25-22-17(26(20)3)14-8-10-16(21)11-9-14/h4-11,13H,1-3H3/t13-/m1/s1. The number of thioether (sulfide) groups is 1. The van der Waals surface area contributed by atoms with Crippen molar-refractivity contribution in [1.29, 1.82) is 0 Å². The summed E-state index contributed by atoms with van der Waals surface area (Å²) in [5, 5.41) is 17.4. The Morgan fingerprint density at radius 2 is 1.61 bits per heavy atom. The summed E-state index contributed by atoms with van der Waals surface area (Å²) in [7, 11) is 1.87. The molecule has 0 fully saturated rings. The van der Waals surface area contributed by atoms with Crippen molar-refractivity contribution in [3.05, 3.63) is 65.8 Å². The Kier molecular flexibility index (Phi) is 4.95. The molecule has 0 N–H and O–H groups in total. The Bertz CT molecular complexity index is 1090. The van der Waals surface area contributed by atoms with E-state index in [1.165, 1.54) is 29.5 Å². The van der Waals surface area contributed by atoms with Crippen LogP contribution in [-0.2, 0) is 7.05 Å². The van der Waals surface area contributed by atoms with Gasteiger partial charge in [-0.1, -0.05) is 29.5 Å². The summed E-state index contributed by atoms with van der Waals surface area (Å²) in [6.45, 7) is 4.01. The molecule has 0 amide bonds. The number of hydrogen-bond donors (Lipinski definition) is 0. The van der Waals surface area contributed by atoms with Crippen molar-refractivity contribution in [3.8, 4) is 22.8 Å². The molecule has 0 aliphatic heterocycles. The maximum atomic E-state index is 13.1. The molecule has 2 aromatic carbocycles. The third-order valence-electron chi connectivity index (χ3n) is 4.31. The van der Waals surface area contributed by atoms with Gasteiger partial charge in [-0.25, -0.2) is 4.39 Å². The molecule has 4 aromatic rings. The summed E-state index contributed by atoms with van der Waals surface area (Å²) < 4.78 is 20.9. The zero-order chi connectivity index (χ0) is 19.7. The van der Waals surface area contributed by atoms with Crippen molar-refractivity contribution in [3.63, 3.8) is 0 Å². The maximum Gasteiger partial charge on any atom is 0.247 e. The summed E-state index contributed by atoms with van der Waals surface area (Å²) in [4.78, 5) is 0. The molecule has 142 valence electrons. The summed E-state index contributed by atoms with van der Waals surface area (Å²) in [5.41, 5.74) is 2.86. The fraction of sp³-hybridized carbons (Fsp3) is 0.200. The molecule has 8 heteroatoms. The predicted octanol–water partition coefficient (Wildman–Crippen LogP) is 4.83. The molecule has 1 atom stereocenters. The van der Waals surface area contributed by atoms with Gasteiger partial charge in [-0.3, -0.25) is 0 Å². The van der Waals surface area contributed by atoms with E-state index in [9.17, 15) is 4.39 Å². The molecule has 0 radical (unpaired) electrons. The lowest BCUT2D eigenvalue weighted by Crippen LogP contribution is -1.97. The summed E-state index contributed by atoms with van der Waals surface area (Å²) >= 11 is 1.47. The van der Waals surface area contributed by atoms with Crippen LogP contribution >= 0.6 is 11.8 Å². The van der Waals surface area contributed by atoms with Crippen LogP contribution in [0, 0.1) is 12.7 Å². The fourth-order valence-electron chi connectivity index (χ4n) is 2.69. The summed E-state index contributed by atoms with van der Waals surface area (Å²) in [6.07, 6.45) is 0. The Morgan fingerprint density at radius 3 is 2.32 bits per heavy atom. The number of aromatic nitrogens is 5. The highest BCUT2D eigenvalue weighted by Crippen LogP contribution is 2.35. The van der Waals surface area contributed by atoms with Crippen LogP contribution in [0.15, 0.2) is 58.1 Å². The fourth-order valence-corrected chi connectivity index (χ4v) is 3.53. The van der Waals surface area contributed by atoms with Gasteiger partial charge in [0.1, 0.15) is 5.82 Å². The minimum atomic E-state index is -0.282. The molecule has 0 saturated carbocycles. The van der Waals surface area contributed by atoms with Crippen LogP contribution in [0.25, 0.3) is 22.8 Å². The highest BCUT2D eigenvalue weighted by atomic mass is 32.2. The van der Waals surface area contributed by atoms with Crippen LogP contribution in [0.4, 0.5) is 4.39 Å². The lowest BCUT2D eigenvalue weighted by atomic mass is 10.1. The minimum Gasteiger partial charge on any atom is -0.419 e. The maximum absolute atomic E-state index is 13.1. The molecule has 0 spiro atoms. The van der Waals surface area contributed by atoms with Crippen molar-refractivity contribution < 1.29 is 8.81 Å². The van der Waals surface area contributed by atoms with E-state index in [1.807, 2.05) is 49.7 Å². The number of benzene rings is 2. The Morgan fingerprint density at radius 1 is 0.929 bits per heavy atom. The first-order chi connectivity index (χ1) is 13.5. The Hall–Kier alpha value is -3.00. The van der Waals surface area contributed by atoms with Gasteiger partial charge in [-0.05, 0) is 50.2 Å². The molecule has 0 aliphatic rings. The van der Waals surface area contributed by atoms with Crippen molar-refractivity contribution in [2.45, 2.75) is 24.3 Å². The zero-order valence-electron chi connectivity index (χ0n) is 15.6. The van der Waals surface area contributed by atoms with Crippen molar-refractivity contribution in [2.75, 3.05) is 0 Å². The molecule has 0 aliphatic carbocycles. The predicted molar refractivity (Wildman–Crippen MR) is 105 cm³/mol. The first-order valence-corrected chi connectivity index (χ1v) is 9.61. The Balaban J connectivity index is 1.52. The van der Waals surface area contributed by atoms with Crippen LogP contribution in [0.5, 0.6) is 0 Å². The van der Waals surface area contributed by atoms with E-state index in [0.717, 1.165) is 11.1 Å². The van der Waals surface area contributed by atoms with E-state index in [2.05, 4.69) is 20.4 Å². The number of aryl methyl sites for hydroxylation is 1. The molecule has 2 aromatic heterocycles. The highest BCUT2D eigenvalue weighted by Gasteiger charge is 2.20. The van der Waals surface area contributed by atoms with Crippen LogP contribution in [-0.4, -0.2) is 25.0 Å². The molecular weight excluding hydrogens is 377 g/mol. The van der Waals surface area contributed by atoms with Gasteiger partial charge in [0.25, 0.3) is 0 Å². The van der Waals surface area contributed by atoms with Crippen molar-refractivity contribution in [2.24, 2.45) is 7.05 Å². The molecule has 0 bridgehead atoms. The van der Waals surface area contributed by atoms with Crippen molar-refractivity contribution in [1.82, 2.24) is 25.0 Å². The lowest BCUT2D eigenvalue weighted by Gasteiger charge is -2.07. The normalized spacial score (nSPS) is 12.3. The largest absolute Gasteiger partial charge is 0.419 e. The van der Waals surface area contributed by atoms with Gasteiger partial charge in [0.15, 0.2) is 11.0 Å². The lowest BCUT2D eigenvalue weighted by molar-refractivity contribution is 0.508. The third kappa shape index (κ3) is 3.68. The van der Waals surface area contributed by atoms with E-state index in [1.54, 1.807) is 12.1 Å². The SMILES string of the molecule is Cc1ccc(-c2nnc([C@@H](C)Sc3nnc(-c4ccc(F)cc4)n3C)o2)cc1. The highest BCUT2D eigenvalue weighted by molar-refractivity contribution is 7.99. The van der Waals surface area contributed by atoms with Gasteiger partial charge in [0, 0.05) is 18.2 Å². The quantitative estimate of drug-likeness (QED) is 0.451. The van der Waals surface area contributed by atoms with Crippen LogP contribution < -0.4 is 0 Å². The van der Waals surface area contributed by atoms with Gasteiger partial charge in [0.05, 0.1) is 5.25 Å². The summed E-state index contributed by atoms with van der Waals surface area (Å²) in [6, 6.07) is 14.1. The topological polar surface area (TPSA) is 69.6 Å². The van der Waals surface area contributed by atoms with Gasteiger partial charge in [-0.15, -0.1) is 20.4 Å². The molecule has 0 saturated heterocycles. The van der Waals surface area contributed by atoms with E-state index in [0.29, 0.717) is 22.8 Å². The van der Waals surface area contributed by atoms with Gasteiger partial charge in [-0.2, -0.15) is 0 Å². The molecular formula is C20H18FN5OS. The second-order valence-corrected chi connectivity index (χ2v) is 7.75. The first-order valence-electron chi connectivity index (χ1n) is 8.73. The summed E-state index contributed by atoms with van der Waals surface area (Å²) in [5.74, 6) is 1.40. The van der Waals surface area contributed by atoms with Gasteiger partial charge in [0.2, 0.25) is 11.8 Å². The average Bonchev–Trinajstić information content (AvgIpc) is 3.31. The van der Waals surface area contributed by atoms with E-state index >= 15 is 0 Å². The second-order valence-electron chi connectivity index (χ2n) is 6.44.